The number of halogens is 1. The summed E-state index contributed by atoms with van der Waals surface area (Å²) < 4.78 is 15.4. The largest absolute Gasteiger partial charge is 0.371 e. The van der Waals surface area contributed by atoms with Crippen LogP contribution in [0.25, 0.3) is 21.8 Å². The van der Waals surface area contributed by atoms with Crippen LogP contribution in [0.2, 0.25) is 0 Å². The molecule has 2 heterocycles. The summed E-state index contributed by atoms with van der Waals surface area (Å²) in [6.07, 6.45) is 3.47. The number of nitrogens with zero attached hydrogens (tertiary/aromatic N) is 4. The van der Waals surface area contributed by atoms with Gasteiger partial charge in [-0.15, -0.1) is 0 Å². The van der Waals surface area contributed by atoms with Crippen LogP contribution in [-0.2, 0) is 6.54 Å². The van der Waals surface area contributed by atoms with Gasteiger partial charge in [0, 0.05) is 45.0 Å². The van der Waals surface area contributed by atoms with E-state index in [4.69, 9.17) is 0 Å². The number of rotatable bonds is 5. The maximum atomic E-state index is 13.7. The topological polar surface area (TPSA) is 41.4 Å². The van der Waals surface area contributed by atoms with Gasteiger partial charge in [0.15, 0.2) is 0 Å². The molecule has 3 aromatic carbocycles. The van der Waals surface area contributed by atoms with Crippen molar-refractivity contribution in [3.05, 3.63) is 83.0 Å². The Kier molecular flexibility index (Phi) is 5.62. The van der Waals surface area contributed by atoms with Crippen molar-refractivity contribution in [3.8, 4) is 0 Å². The van der Waals surface area contributed by atoms with Crippen LogP contribution in [0.1, 0.15) is 12.8 Å². The number of aromatic nitrogens is 2. The van der Waals surface area contributed by atoms with Crippen molar-refractivity contribution in [1.82, 2.24) is 14.5 Å². The van der Waals surface area contributed by atoms with E-state index in [1.165, 1.54) is 34.8 Å². The third kappa shape index (κ3) is 4.10. The predicted octanol–water partition coefficient (Wildman–Crippen LogP) is 4.29. The van der Waals surface area contributed by atoms with E-state index in [-0.39, 0.29) is 11.4 Å². The molecule has 0 radical (unpaired) electrons. The zero-order chi connectivity index (χ0) is 22.1. The fourth-order valence-corrected chi connectivity index (χ4v) is 4.74. The van der Waals surface area contributed by atoms with Crippen molar-refractivity contribution in [2.24, 2.45) is 0 Å². The zero-order valence-electron chi connectivity index (χ0n) is 18.2. The summed E-state index contributed by atoms with van der Waals surface area (Å²) in [5.41, 5.74) is 2.26. The molecule has 1 aromatic heterocycles. The Hall–Kier alpha value is -3.25. The molecule has 32 heavy (non-hydrogen) atoms. The number of hydrogen-bond donors (Lipinski definition) is 0. The normalized spacial score (nSPS) is 15.4. The SMILES string of the molecule is CN(c1ccc2ccccc2c1)C1CCN(CCn2c(=O)cnc3ccc(F)cc32)CC1. The van der Waals surface area contributed by atoms with Gasteiger partial charge in [-0.25, -0.2) is 9.37 Å². The molecule has 0 spiro atoms. The number of hydrogen-bond acceptors (Lipinski definition) is 4. The Balaban J connectivity index is 1.22. The number of benzene rings is 3. The van der Waals surface area contributed by atoms with Crippen molar-refractivity contribution in [2.75, 3.05) is 31.6 Å². The van der Waals surface area contributed by atoms with Crippen LogP contribution < -0.4 is 10.5 Å². The molecule has 6 heteroatoms. The minimum atomic E-state index is -0.351. The Morgan fingerprint density at radius 2 is 1.78 bits per heavy atom. The fourth-order valence-electron chi connectivity index (χ4n) is 4.74. The summed E-state index contributed by atoms with van der Waals surface area (Å²) in [6.45, 7) is 3.26. The predicted molar refractivity (Wildman–Crippen MR) is 128 cm³/mol. The molecule has 0 saturated carbocycles. The highest BCUT2D eigenvalue weighted by atomic mass is 19.1. The molecule has 0 atom stereocenters. The Labute approximate surface area is 186 Å². The molecule has 0 bridgehead atoms. The lowest BCUT2D eigenvalue weighted by Gasteiger charge is -2.38. The first-order valence-electron chi connectivity index (χ1n) is 11.2. The highest BCUT2D eigenvalue weighted by molar-refractivity contribution is 5.85. The van der Waals surface area contributed by atoms with E-state index in [0.29, 0.717) is 23.6 Å². The van der Waals surface area contributed by atoms with Gasteiger partial charge in [-0.05, 0) is 53.9 Å². The molecular formula is C26H27FN4O. The third-order valence-electron chi connectivity index (χ3n) is 6.69. The lowest BCUT2D eigenvalue weighted by atomic mass is 10.0. The minimum absolute atomic E-state index is 0.186. The average Bonchev–Trinajstić information content (AvgIpc) is 2.83. The van der Waals surface area contributed by atoms with E-state index in [0.717, 1.165) is 32.5 Å². The fraction of sp³-hybridized carbons (Fsp3) is 0.308. The molecule has 4 aromatic rings. The number of piperidine rings is 1. The van der Waals surface area contributed by atoms with E-state index in [1.807, 2.05) is 0 Å². The van der Waals surface area contributed by atoms with Gasteiger partial charge in [-0.2, -0.15) is 0 Å². The van der Waals surface area contributed by atoms with E-state index < -0.39 is 0 Å². The first-order valence-corrected chi connectivity index (χ1v) is 11.2. The van der Waals surface area contributed by atoms with E-state index >= 15 is 0 Å². The molecule has 0 amide bonds. The maximum Gasteiger partial charge on any atom is 0.269 e. The van der Waals surface area contributed by atoms with Crippen LogP contribution >= 0.6 is 0 Å². The Morgan fingerprint density at radius 1 is 1.00 bits per heavy atom. The van der Waals surface area contributed by atoms with Crippen molar-refractivity contribution < 1.29 is 4.39 Å². The molecule has 1 aliphatic rings. The van der Waals surface area contributed by atoms with Crippen LogP contribution in [0.3, 0.4) is 0 Å². The smallest absolute Gasteiger partial charge is 0.269 e. The van der Waals surface area contributed by atoms with E-state index in [1.54, 1.807) is 10.6 Å². The molecule has 1 fully saturated rings. The molecule has 1 saturated heterocycles. The average molecular weight is 431 g/mol. The second-order valence-electron chi connectivity index (χ2n) is 8.60. The third-order valence-corrected chi connectivity index (χ3v) is 6.69. The van der Waals surface area contributed by atoms with Gasteiger partial charge in [-0.1, -0.05) is 30.3 Å². The molecule has 0 unspecified atom stereocenters. The van der Waals surface area contributed by atoms with Gasteiger partial charge >= 0.3 is 0 Å². The summed E-state index contributed by atoms with van der Waals surface area (Å²) in [4.78, 5) is 21.3. The van der Waals surface area contributed by atoms with Crippen molar-refractivity contribution in [3.63, 3.8) is 0 Å². The molecular weight excluding hydrogens is 403 g/mol. The van der Waals surface area contributed by atoms with Crippen molar-refractivity contribution in [2.45, 2.75) is 25.4 Å². The maximum absolute atomic E-state index is 13.7. The lowest BCUT2D eigenvalue weighted by Crippen LogP contribution is -2.44. The van der Waals surface area contributed by atoms with Crippen molar-refractivity contribution in [1.29, 1.82) is 0 Å². The molecule has 5 nitrogen and oxygen atoms in total. The highest BCUT2D eigenvalue weighted by Gasteiger charge is 2.23. The van der Waals surface area contributed by atoms with E-state index in [9.17, 15) is 9.18 Å². The van der Waals surface area contributed by atoms with Crippen LogP contribution in [0, 0.1) is 5.82 Å². The molecule has 1 aliphatic heterocycles. The summed E-state index contributed by atoms with van der Waals surface area (Å²) in [5.74, 6) is -0.351. The van der Waals surface area contributed by atoms with Gasteiger partial charge in [0.1, 0.15) is 5.82 Å². The molecule has 164 valence electrons. The molecule has 0 aliphatic carbocycles. The number of likely N-dealkylation sites (tertiary alicyclic amines) is 1. The summed E-state index contributed by atoms with van der Waals surface area (Å²) in [5, 5.41) is 2.53. The quantitative estimate of drug-likeness (QED) is 0.474. The summed E-state index contributed by atoms with van der Waals surface area (Å²) in [7, 11) is 2.18. The summed E-state index contributed by atoms with van der Waals surface area (Å²) >= 11 is 0. The van der Waals surface area contributed by atoms with Gasteiger partial charge < -0.3 is 14.4 Å². The van der Waals surface area contributed by atoms with Crippen molar-refractivity contribution >= 4 is 27.5 Å². The minimum Gasteiger partial charge on any atom is -0.371 e. The summed E-state index contributed by atoms with van der Waals surface area (Å²) in [6, 6.07) is 20.0. The standard InChI is InChI=1S/C26H27FN4O/c1-29(23-8-6-19-4-2-3-5-20(19)16-23)22-10-12-30(13-11-22)14-15-31-25-17-21(27)7-9-24(25)28-18-26(31)32/h2-9,16-18,22H,10-15H2,1H3. The Bertz CT molecular complexity index is 1310. The van der Waals surface area contributed by atoms with Crippen LogP contribution in [0.15, 0.2) is 71.7 Å². The van der Waals surface area contributed by atoms with Gasteiger partial charge in [0.25, 0.3) is 5.56 Å². The van der Waals surface area contributed by atoms with Crippen LogP contribution in [-0.4, -0.2) is 47.2 Å². The lowest BCUT2D eigenvalue weighted by molar-refractivity contribution is 0.204. The first-order chi connectivity index (χ1) is 15.6. The zero-order valence-corrected chi connectivity index (χ0v) is 18.2. The van der Waals surface area contributed by atoms with Crippen LogP contribution in [0.4, 0.5) is 10.1 Å². The molecule has 5 rings (SSSR count). The second kappa shape index (κ2) is 8.71. The number of fused-ring (bicyclic) bond motifs is 2. The number of anilines is 1. The molecule has 0 N–H and O–H groups in total. The second-order valence-corrected chi connectivity index (χ2v) is 8.60. The Morgan fingerprint density at radius 3 is 2.59 bits per heavy atom. The van der Waals surface area contributed by atoms with Gasteiger partial charge in [0.2, 0.25) is 0 Å². The van der Waals surface area contributed by atoms with Gasteiger partial charge in [0.05, 0.1) is 17.2 Å². The van der Waals surface area contributed by atoms with Gasteiger partial charge in [-0.3, -0.25) is 4.79 Å². The highest BCUT2D eigenvalue weighted by Crippen LogP contribution is 2.26. The van der Waals surface area contributed by atoms with Crippen LogP contribution in [0.5, 0.6) is 0 Å². The first kappa shape index (κ1) is 20.6. The van der Waals surface area contributed by atoms with E-state index in [2.05, 4.69) is 64.3 Å². The monoisotopic (exact) mass is 430 g/mol.